The van der Waals surface area contributed by atoms with Crippen molar-refractivity contribution >= 4 is 11.9 Å². The fraction of sp³-hybridized carbons (Fsp3) is 0.885. The Bertz CT molecular complexity index is 1510. The summed E-state index contributed by atoms with van der Waals surface area (Å²) in [6.07, 6.45) is 114. The molecule has 0 aromatic rings. The summed E-state index contributed by atoms with van der Waals surface area (Å²) in [6, 6.07) is 0. The van der Waals surface area contributed by atoms with E-state index in [1.807, 2.05) is 0 Å². The Morgan fingerprint density at radius 2 is 0.435 bits per heavy atom. The predicted molar refractivity (Wildman–Crippen MR) is 408 cm³/mol. The van der Waals surface area contributed by atoms with Crippen LogP contribution in [-0.4, -0.2) is 36.4 Å². The van der Waals surface area contributed by atoms with Crippen molar-refractivity contribution in [3.63, 3.8) is 0 Å². The average Bonchev–Trinajstić information content (AvgIpc) is 3.75. The van der Waals surface area contributed by atoms with E-state index in [0.29, 0.717) is 12.8 Å². The van der Waals surface area contributed by atoms with Gasteiger partial charge in [-0.1, -0.05) is 435 Å². The van der Waals surface area contributed by atoms with Crippen molar-refractivity contribution in [3.05, 3.63) is 48.6 Å². The van der Waals surface area contributed by atoms with Crippen molar-refractivity contribution in [2.24, 2.45) is 0 Å². The Morgan fingerprint density at radius 3 is 0.641 bits per heavy atom. The average molecular weight is 1290 g/mol. The molecule has 0 bridgehead atoms. The summed E-state index contributed by atoms with van der Waals surface area (Å²) in [4.78, 5) is 24.7. The van der Waals surface area contributed by atoms with Crippen molar-refractivity contribution < 1.29 is 24.2 Å². The minimum atomic E-state index is -0.770. The van der Waals surface area contributed by atoms with Gasteiger partial charge < -0.3 is 14.6 Å². The van der Waals surface area contributed by atoms with E-state index in [2.05, 4.69) is 62.5 Å². The number of esters is 2. The maximum absolute atomic E-state index is 12.4. The van der Waals surface area contributed by atoms with E-state index in [4.69, 9.17) is 9.47 Å². The molecule has 0 aromatic heterocycles. The Balaban J connectivity index is 3.35. The van der Waals surface area contributed by atoms with E-state index in [9.17, 15) is 14.7 Å². The van der Waals surface area contributed by atoms with Gasteiger partial charge >= 0.3 is 11.9 Å². The number of rotatable bonds is 80. The van der Waals surface area contributed by atoms with Crippen LogP contribution in [0, 0.1) is 0 Å². The summed E-state index contributed by atoms with van der Waals surface area (Å²) in [6.45, 7) is 4.19. The number of hydrogen-bond donors (Lipinski definition) is 1. The van der Waals surface area contributed by atoms with Crippen LogP contribution in [-0.2, 0) is 19.1 Å². The van der Waals surface area contributed by atoms with Crippen LogP contribution in [0.4, 0.5) is 0 Å². The molecular formula is C87H164O5. The molecule has 0 saturated heterocycles. The number of carbonyl (C=O) groups excluding carboxylic acids is 2. The van der Waals surface area contributed by atoms with E-state index in [1.165, 1.54) is 405 Å². The smallest absolute Gasteiger partial charge is 0.306 e. The summed E-state index contributed by atoms with van der Waals surface area (Å²) in [5.74, 6) is -0.560. The molecule has 92 heavy (non-hydrogen) atoms. The van der Waals surface area contributed by atoms with E-state index in [1.54, 1.807) is 0 Å². The lowest BCUT2D eigenvalue weighted by molar-refractivity contribution is -0.161. The largest absolute Gasteiger partial charge is 0.462 e. The topological polar surface area (TPSA) is 72.8 Å². The highest BCUT2D eigenvalue weighted by atomic mass is 16.6. The van der Waals surface area contributed by atoms with Gasteiger partial charge in [-0.25, -0.2) is 0 Å². The molecule has 1 atom stereocenters. The van der Waals surface area contributed by atoms with Gasteiger partial charge in [-0.15, -0.1) is 0 Å². The second-order valence-electron chi connectivity index (χ2n) is 28.9. The fourth-order valence-electron chi connectivity index (χ4n) is 13.3. The maximum Gasteiger partial charge on any atom is 0.306 e. The summed E-state index contributed by atoms with van der Waals surface area (Å²) in [5, 5.41) is 9.74. The number of unbranched alkanes of at least 4 members (excludes halogenated alkanes) is 64. The number of allylic oxidation sites excluding steroid dienone is 8. The van der Waals surface area contributed by atoms with Crippen molar-refractivity contribution in [3.8, 4) is 0 Å². The Labute approximate surface area is 577 Å². The third-order valence-corrected chi connectivity index (χ3v) is 19.6. The first-order valence-corrected chi connectivity index (χ1v) is 42.2. The van der Waals surface area contributed by atoms with Crippen LogP contribution in [0.25, 0.3) is 0 Å². The summed E-state index contributed by atoms with van der Waals surface area (Å²) in [7, 11) is 0. The molecule has 0 heterocycles. The third-order valence-electron chi connectivity index (χ3n) is 19.6. The summed E-state index contributed by atoms with van der Waals surface area (Å²) >= 11 is 0. The minimum absolute atomic E-state index is 0.0582. The molecule has 0 saturated carbocycles. The lowest BCUT2D eigenvalue weighted by atomic mass is 10.0. The van der Waals surface area contributed by atoms with Crippen LogP contribution in [0.5, 0.6) is 0 Å². The summed E-state index contributed by atoms with van der Waals surface area (Å²) in [5.41, 5.74) is 0. The second-order valence-corrected chi connectivity index (χ2v) is 28.9. The highest BCUT2D eigenvalue weighted by Crippen LogP contribution is 2.20. The number of ether oxygens (including phenoxy) is 2. The molecule has 0 radical (unpaired) electrons. The van der Waals surface area contributed by atoms with Gasteiger partial charge in [0.15, 0.2) is 6.10 Å². The molecule has 0 aliphatic carbocycles. The summed E-state index contributed by atoms with van der Waals surface area (Å²) < 4.78 is 10.8. The van der Waals surface area contributed by atoms with Crippen LogP contribution < -0.4 is 0 Å². The van der Waals surface area contributed by atoms with Crippen LogP contribution in [0.15, 0.2) is 48.6 Å². The highest BCUT2D eigenvalue weighted by molar-refractivity contribution is 5.70. The number of aliphatic hydroxyl groups is 1. The molecule has 0 aromatic carbocycles. The van der Waals surface area contributed by atoms with Crippen molar-refractivity contribution in [2.45, 2.75) is 482 Å². The Hall–Kier alpha value is -2.14. The minimum Gasteiger partial charge on any atom is -0.462 e. The number of aliphatic hydroxyl groups excluding tert-OH is 1. The standard InChI is InChI=1S/C87H164O5/c1-3-5-7-9-11-13-15-17-19-21-23-25-27-29-31-33-35-37-39-41-43-45-47-49-51-53-55-57-59-61-63-65-67-69-71-73-75-77-79-81-86(89)91-84-85(83-88)92-87(90)82-80-78-76-74-72-70-68-66-64-62-60-58-56-54-52-50-48-46-44-42-40-38-36-34-32-30-28-26-24-22-20-18-16-14-12-10-8-6-4-2/h15-18,21-24,85,88H,3-14,19-20,25-84H2,1-2H3/b17-15-,18-16-,23-21-,24-22-. The normalized spacial score (nSPS) is 12.3. The molecule has 0 aliphatic rings. The fourth-order valence-corrected chi connectivity index (χ4v) is 13.3. The molecular weight excluding hydrogens is 1120 g/mol. The highest BCUT2D eigenvalue weighted by Gasteiger charge is 2.16. The molecule has 0 spiro atoms. The first-order chi connectivity index (χ1) is 45.6. The molecule has 0 amide bonds. The zero-order chi connectivity index (χ0) is 66.1. The Kier molecular flexibility index (Phi) is 81.2. The van der Waals surface area contributed by atoms with Crippen molar-refractivity contribution in [1.29, 1.82) is 0 Å². The van der Waals surface area contributed by atoms with E-state index < -0.39 is 6.10 Å². The van der Waals surface area contributed by atoms with Gasteiger partial charge in [-0.3, -0.25) is 9.59 Å². The van der Waals surface area contributed by atoms with Gasteiger partial charge in [0, 0.05) is 12.8 Å². The van der Waals surface area contributed by atoms with Crippen molar-refractivity contribution in [1.82, 2.24) is 0 Å². The maximum atomic E-state index is 12.4. The molecule has 542 valence electrons. The second kappa shape index (κ2) is 83.1. The molecule has 0 rings (SSSR count). The zero-order valence-corrected chi connectivity index (χ0v) is 62.6. The van der Waals surface area contributed by atoms with Crippen LogP contribution in [0.3, 0.4) is 0 Å². The van der Waals surface area contributed by atoms with Gasteiger partial charge in [-0.05, 0) is 77.0 Å². The first-order valence-electron chi connectivity index (χ1n) is 42.2. The molecule has 1 unspecified atom stereocenters. The molecule has 5 nitrogen and oxygen atoms in total. The van der Waals surface area contributed by atoms with Gasteiger partial charge in [0.25, 0.3) is 0 Å². The third kappa shape index (κ3) is 80.3. The quantitative estimate of drug-likeness (QED) is 0.0373. The molecule has 1 N–H and O–H groups in total. The lowest BCUT2D eigenvalue weighted by Crippen LogP contribution is -2.28. The van der Waals surface area contributed by atoms with Crippen molar-refractivity contribution in [2.75, 3.05) is 13.2 Å². The molecule has 0 aliphatic heterocycles. The number of carbonyl (C=O) groups is 2. The van der Waals surface area contributed by atoms with Crippen LogP contribution in [0.1, 0.15) is 476 Å². The van der Waals surface area contributed by atoms with E-state index in [0.717, 1.165) is 44.9 Å². The van der Waals surface area contributed by atoms with E-state index in [-0.39, 0.29) is 25.2 Å². The monoisotopic (exact) mass is 1290 g/mol. The first kappa shape index (κ1) is 89.9. The van der Waals surface area contributed by atoms with Gasteiger partial charge in [0.1, 0.15) is 6.61 Å². The Morgan fingerprint density at radius 1 is 0.250 bits per heavy atom. The van der Waals surface area contributed by atoms with Gasteiger partial charge in [0.2, 0.25) is 0 Å². The molecule has 0 fully saturated rings. The number of hydrogen-bond acceptors (Lipinski definition) is 5. The SMILES string of the molecule is CCCCCCC/C=C\C/C=C\CCCCCCCCCCCCCCCCCCCCCCCCCCCCCC(=O)OCC(CO)OC(=O)CCCCCCCCCCCCCCCCCCCCCCCCCCCCC/C=C\C/C=C\CCCCCCC. The van der Waals surface area contributed by atoms with Crippen LogP contribution in [0.2, 0.25) is 0 Å². The lowest BCUT2D eigenvalue weighted by Gasteiger charge is -2.15. The molecule has 5 heteroatoms. The van der Waals surface area contributed by atoms with Gasteiger partial charge in [0.05, 0.1) is 6.61 Å². The van der Waals surface area contributed by atoms with Gasteiger partial charge in [-0.2, -0.15) is 0 Å². The predicted octanol–water partition coefficient (Wildman–Crippen LogP) is 29.8. The zero-order valence-electron chi connectivity index (χ0n) is 62.6. The van der Waals surface area contributed by atoms with E-state index >= 15 is 0 Å². The van der Waals surface area contributed by atoms with Crippen LogP contribution >= 0.6 is 0 Å².